The monoisotopic (exact) mass is 168 g/mol. The second-order valence-electron chi connectivity index (χ2n) is 2.88. The van der Waals surface area contributed by atoms with Gasteiger partial charge in [-0.25, -0.2) is 0 Å². The molecule has 0 atom stereocenters. The molecule has 0 aliphatic heterocycles. The Kier molecular flexibility index (Phi) is 19.8. The molecule has 0 rings (SSSR count). The Bertz CT molecular complexity index is 98.9. The van der Waals surface area contributed by atoms with Gasteiger partial charge in [-0.05, 0) is 13.3 Å². The molecule has 0 saturated heterocycles. The highest BCUT2D eigenvalue weighted by atomic mass is 13.8. The zero-order valence-corrected chi connectivity index (χ0v) is 9.24. The molecule has 0 bridgehead atoms. The van der Waals surface area contributed by atoms with Crippen molar-refractivity contribution >= 4 is 0 Å². The summed E-state index contributed by atoms with van der Waals surface area (Å²) in [6.45, 7) is 8.46. The summed E-state index contributed by atoms with van der Waals surface area (Å²) in [5.41, 5.74) is 0. The maximum atomic E-state index is 2.95. The predicted octanol–water partition coefficient (Wildman–Crippen LogP) is 4.40. The first-order valence-electron chi connectivity index (χ1n) is 5.22. The topological polar surface area (TPSA) is 0 Å². The third-order valence-corrected chi connectivity index (χ3v) is 1.51. The van der Waals surface area contributed by atoms with E-state index in [1.807, 2.05) is 6.92 Å². The van der Waals surface area contributed by atoms with Gasteiger partial charge in [0.2, 0.25) is 0 Å². The Labute approximate surface area is 78.8 Å². The van der Waals surface area contributed by atoms with Gasteiger partial charge in [-0.1, -0.05) is 46.5 Å². The van der Waals surface area contributed by atoms with Crippen LogP contribution in [0.2, 0.25) is 0 Å². The molecule has 0 radical (unpaired) electrons. The minimum Gasteiger partial charge on any atom is -0.107 e. The van der Waals surface area contributed by atoms with Crippen molar-refractivity contribution in [3.05, 3.63) is 0 Å². The highest BCUT2D eigenvalue weighted by molar-refractivity contribution is 4.93. The molecule has 0 aliphatic rings. The van der Waals surface area contributed by atoms with E-state index in [-0.39, 0.29) is 0 Å². The van der Waals surface area contributed by atoms with Crippen LogP contribution in [0.25, 0.3) is 0 Å². The smallest absolute Gasteiger partial charge is 0.00859 e. The Morgan fingerprint density at radius 2 is 1.33 bits per heavy atom. The first-order valence-corrected chi connectivity index (χ1v) is 5.22. The van der Waals surface area contributed by atoms with Gasteiger partial charge in [0.1, 0.15) is 0 Å². The van der Waals surface area contributed by atoms with E-state index < -0.39 is 0 Å². The fraction of sp³-hybridized carbons (Fsp3) is 0.833. The third-order valence-electron chi connectivity index (χ3n) is 1.51. The summed E-state index contributed by atoms with van der Waals surface area (Å²) in [6.07, 6.45) is 7.77. The van der Waals surface area contributed by atoms with Crippen molar-refractivity contribution in [1.82, 2.24) is 0 Å². The van der Waals surface area contributed by atoms with Gasteiger partial charge in [-0.15, -0.1) is 11.8 Å². The van der Waals surface area contributed by atoms with E-state index >= 15 is 0 Å². The largest absolute Gasteiger partial charge is 0.107 e. The minimum absolute atomic E-state index is 1.05. The average Bonchev–Trinajstić information content (AvgIpc) is 2.12. The zero-order valence-electron chi connectivity index (χ0n) is 9.24. The van der Waals surface area contributed by atoms with Crippen molar-refractivity contribution in [3.8, 4) is 11.8 Å². The van der Waals surface area contributed by atoms with Crippen molar-refractivity contribution in [3.63, 3.8) is 0 Å². The summed E-state index contributed by atoms with van der Waals surface area (Å²) in [5, 5.41) is 0. The molecule has 0 unspecified atom stereocenters. The summed E-state index contributed by atoms with van der Waals surface area (Å²) in [5.74, 6) is 5.77. The average molecular weight is 168 g/mol. The first-order chi connectivity index (χ1) is 5.83. The second-order valence-corrected chi connectivity index (χ2v) is 2.88. The number of rotatable bonds is 4. The molecule has 0 amide bonds. The zero-order chi connectivity index (χ0) is 9.66. The van der Waals surface area contributed by atoms with Crippen LogP contribution in [0.3, 0.4) is 0 Å². The summed E-state index contributed by atoms with van der Waals surface area (Å²) in [6, 6.07) is 0. The van der Waals surface area contributed by atoms with Crippen LogP contribution >= 0.6 is 0 Å². The quantitative estimate of drug-likeness (QED) is 0.431. The van der Waals surface area contributed by atoms with Crippen LogP contribution in [0.1, 0.15) is 66.2 Å². The van der Waals surface area contributed by atoms with E-state index in [4.69, 9.17) is 0 Å². The molecule has 72 valence electrons. The SMILES string of the molecule is CC#CCCC.CCCCCC. The lowest BCUT2D eigenvalue weighted by Gasteiger charge is -1.86. The fourth-order valence-corrected chi connectivity index (χ4v) is 0.750. The molecule has 0 heterocycles. The molecule has 0 aliphatic carbocycles. The van der Waals surface area contributed by atoms with Crippen molar-refractivity contribution < 1.29 is 0 Å². The Balaban J connectivity index is 0. The standard InChI is InChI=1S/C6H14.C6H10/c2*1-3-5-6-4-2/h3-6H2,1-2H3;3,5H2,1-2H3. The van der Waals surface area contributed by atoms with Crippen LogP contribution in [0.5, 0.6) is 0 Å². The van der Waals surface area contributed by atoms with Crippen LogP contribution in [-0.4, -0.2) is 0 Å². The van der Waals surface area contributed by atoms with E-state index in [0.717, 1.165) is 6.42 Å². The second kappa shape index (κ2) is 16.9. The van der Waals surface area contributed by atoms with E-state index in [1.54, 1.807) is 0 Å². The summed E-state index contributed by atoms with van der Waals surface area (Å²) in [4.78, 5) is 0. The summed E-state index contributed by atoms with van der Waals surface area (Å²) >= 11 is 0. The van der Waals surface area contributed by atoms with Crippen LogP contribution < -0.4 is 0 Å². The Morgan fingerprint density at radius 1 is 0.833 bits per heavy atom. The van der Waals surface area contributed by atoms with Gasteiger partial charge < -0.3 is 0 Å². The van der Waals surface area contributed by atoms with Gasteiger partial charge >= 0.3 is 0 Å². The van der Waals surface area contributed by atoms with Gasteiger partial charge in [0.15, 0.2) is 0 Å². The Morgan fingerprint density at radius 3 is 1.50 bits per heavy atom. The van der Waals surface area contributed by atoms with Gasteiger partial charge in [0.25, 0.3) is 0 Å². The highest BCUT2D eigenvalue weighted by Crippen LogP contribution is 1.95. The normalized spacial score (nSPS) is 7.67. The first kappa shape index (κ1) is 14.1. The lowest BCUT2D eigenvalue weighted by Crippen LogP contribution is -1.66. The maximum absolute atomic E-state index is 2.95. The van der Waals surface area contributed by atoms with Gasteiger partial charge in [0, 0.05) is 6.42 Å². The van der Waals surface area contributed by atoms with E-state index in [9.17, 15) is 0 Å². The van der Waals surface area contributed by atoms with Gasteiger partial charge in [-0.2, -0.15) is 0 Å². The summed E-state index contributed by atoms with van der Waals surface area (Å²) in [7, 11) is 0. The minimum atomic E-state index is 1.05. The van der Waals surface area contributed by atoms with Crippen LogP contribution in [-0.2, 0) is 0 Å². The van der Waals surface area contributed by atoms with Gasteiger partial charge in [-0.3, -0.25) is 0 Å². The number of hydrogen-bond acceptors (Lipinski definition) is 0. The van der Waals surface area contributed by atoms with Crippen LogP contribution in [0, 0.1) is 11.8 Å². The number of unbranched alkanes of at least 4 members (excludes halogenated alkanes) is 4. The molecular formula is C12H24. The lowest BCUT2D eigenvalue weighted by atomic mass is 10.2. The molecule has 0 aromatic carbocycles. The van der Waals surface area contributed by atoms with Crippen molar-refractivity contribution in [2.24, 2.45) is 0 Å². The van der Waals surface area contributed by atoms with E-state index in [0.29, 0.717) is 0 Å². The molecule has 0 heteroatoms. The maximum Gasteiger partial charge on any atom is 0.00859 e. The van der Waals surface area contributed by atoms with E-state index in [2.05, 4.69) is 32.6 Å². The molecule has 0 N–H and O–H groups in total. The fourth-order valence-electron chi connectivity index (χ4n) is 0.750. The molecule has 0 fully saturated rings. The molecule has 12 heavy (non-hydrogen) atoms. The highest BCUT2D eigenvalue weighted by Gasteiger charge is 1.75. The molecule has 0 saturated carbocycles. The molecule has 0 aromatic rings. The van der Waals surface area contributed by atoms with Crippen molar-refractivity contribution in [2.45, 2.75) is 66.2 Å². The van der Waals surface area contributed by atoms with Gasteiger partial charge in [0.05, 0.1) is 0 Å². The van der Waals surface area contributed by atoms with Crippen molar-refractivity contribution in [1.29, 1.82) is 0 Å². The number of hydrogen-bond donors (Lipinski definition) is 0. The third kappa shape index (κ3) is 22.7. The predicted molar refractivity (Wildman–Crippen MR) is 58.2 cm³/mol. The molecule has 0 aromatic heterocycles. The summed E-state index contributed by atoms with van der Waals surface area (Å²) < 4.78 is 0. The molecule has 0 spiro atoms. The lowest BCUT2D eigenvalue weighted by molar-refractivity contribution is 0.702. The van der Waals surface area contributed by atoms with Crippen LogP contribution in [0.15, 0.2) is 0 Å². The van der Waals surface area contributed by atoms with Crippen molar-refractivity contribution in [2.75, 3.05) is 0 Å². The molecular weight excluding hydrogens is 144 g/mol. The Hall–Kier alpha value is -0.440. The van der Waals surface area contributed by atoms with E-state index in [1.165, 1.54) is 32.1 Å². The van der Waals surface area contributed by atoms with Crippen LogP contribution in [0.4, 0.5) is 0 Å². The molecule has 0 nitrogen and oxygen atoms in total.